The molecule has 0 aliphatic heterocycles. The van der Waals surface area contributed by atoms with E-state index < -0.39 is 5.97 Å². The average Bonchev–Trinajstić information content (AvgIpc) is 2.72. The number of hydrogen-bond acceptors (Lipinski definition) is 5. The van der Waals surface area contributed by atoms with Gasteiger partial charge in [0.25, 0.3) is 0 Å². The van der Waals surface area contributed by atoms with Crippen LogP contribution in [0.25, 0.3) is 6.08 Å². The minimum absolute atomic E-state index is 0.285. The van der Waals surface area contributed by atoms with Crippen molar-refractivity contribution in [2.24, 2.45) is 0 Å². The zero-order chi connectivity index (χ0) is 18.9. The molecule has 0 bridgehead atoms. The minimum atomic E-state index is -0.579. The normalized spacial score (nSPS) is 10.5. The lowest BCUT2D eigenvalue weighted by Gasteiger charge is -2.06. The molecule has 0 saturated heterocycles. The fraction of sp³-hybridized carbons (Fsp3) is 0.0455. The molecule has 3 aromatic rings. The van der Waals surface area contributed by atoms with Gasteiger partial charge < -0.3 is 9.47 Å². The van der Waals surface area contributed by atoms with E-state index in [1.165, 1.54) is 6.08 Å². The van der Waals surface area contributed by atoms with Crippen molar-refractivity contribution in [1.29, 1.82) is 0 Å². The Morgan fingerprint density at radius 2 is 1.52 bits per heavy atom. The largest absolute Gasteiger partial charge is 0.457 e. The maximum Gasteiger partial charge on any atom is 0.331 e. The number of benzene rings is 2. The van der Waals surface area contributed by atoms with Gasteiger partial charge in [0.05, 0.1) is 0 Å². The van der Waals surface area contributed by atoms with Crippen LogP contribution >= 0.6 is 0 Å². The zero-order valence-electron chi connectivity index (χ0n) is 14.4. The Labute approximate surface area is 156 Å². The molecule has 0 aliphatic rings. The van der Waals surface area contributed by atoms with E-state index in [-0.39, 0.29) is 12.4 Å². The first-order valence-electron chi connectivity index (χ1n) is 8.32. The van der Waals surface area contributed by atoms with E-state index in [4.69, 9.17) is 9.47 Å². The Bertz CT molecular complexity index is 920. The summed E-state index contributed by atoms with van der Waals surface area (Å²) in [6.45, 7) is -0.321. The second-order valence-electron chi connectivity index (χ2n) is 5.58. The molecule has 1 aromatic heterocycles. The summed E-state index contributed by atoms with van der Waals surface area (Å²) in [5, 5.41) is 0. The summed E-state index contributed by atoms with van der Waals surface area (Å²) in [4.78, 5) is 27.7. The fourth-order valence-corrected chi connectivity index (χ4v) is 2.24. The number of nitrogens with zero attached hydrogens (tertiary/aromatic N) is 1. The lowest BCUT2D eigenvalue weighted by atomic mass is 10.1. The molecular formula is C22H17NO4. The second kappa shape index (κ2) is 9.10. The molecule has 5 heteroatoms. The highest BCUT2D eigenvalue weighted by Crippen LogP contribution is 2.21. The third-order valence-electron chi connectivity index (χ3n) is 3.62. The molecule has 0 aliphatic carbocycles. The van der Waals surface area contributed by atoms with Crippen molar-refractivity contribution in [1.82, 2.24) is 4.98 Å². The third-order valence-corrected chi connectivity index (χ3v) is 3.62. The monoisotopic (exact) mass is 359 g/mol. The molecule has 0 amide bonds. The van der Waals surface area contributed by atoms with Gasteiger partial charge in [-0.05, 0) is 60.2 Å². The van der Waals surface area contributed by atoms with E-state index in [1.54, 1.807) is 54.9 Å². The molecule has 0 saturated carbocycles. The van der Waals surface area contributed by atoms with Gasteiger partial charge in [-0.3, -0.25) is 9.78 Å². The number of carbonyl (C=O) groups excluding carboxylic acids is 2. The summed E-state index contributed by atoms with van der Waals surface area (Å²) in [6.07, 6.45) is 6.13. The first-order valence-corrected chi connectivity index (χ1v) is 8.32. The van der Waals surface area contributed by atoms with E-state index in [2.05, 4.69) is 4.98 Å². The van der Waals surface area contributed by atoms with Gasteiger partial charge >= 0.3 is 5.97 Å². The number of ether oxygens (including phenoxy) is 2. The van der Waals surface area contributed by atoms with Crippen molar-refractivity contribution in [3.05, 3.63) is 96.3 Å². The van der Waals surface area contributed by atoms with Crippen LogP contribution in [0.5, 0.6) is 11.5 Å². The van der Waals surface area contributed by atoms with Crippen LogP contribution in [-0.4, -0.2) is 23.3 Å². The molecule has 5 nitrogen and oxygen atoms in total. The molecule has 0 spiro atoms. The van der Waals surface area contributed by atoms with Crippen LogP contribution in [-0.2, 0) is 9.53 Å². The molecule has 0 atom stereocenters. The summed E-state index contributed by atoms with van der Waals surface area (Å²) in [5.74, 6) is 0.470. The molecule has 27 heavy (non-hydrogen) atoms. The van der Waals surface area contributed by atoms with E-state index in [1.807, 2.05) is 30.3 Å². The van der Waals surface area contributed by atoms with Gasteiger partial charge in [-0.25, -0.2) is 4.79 Å². The summed E-state index contributed by atoms with van der Waals surface area (Å²) < 4.78 is 10.7. The van der Waals surface area contributed by atoms with E-state index >= 15 is 0 Å². The topological polar surface area (TPSA) is 65.5 Å². The van der Waals surface area contributed by atoms with E-state index in [0.29, 0.717) is 17.1 Å². The van der Waals surface area contributed by atoms with E-state index in [9.17, 15) is 9.59 Å². The summed E-state index contributed by atoms with van der Waals surface area (Å²) in [6, 6.07) is 19.6. The highest BCUT2D eigenvalue weighted by Gasteiger charge is 2.09. The molecule has 1 heterocycles. The van der Waals surface area contributed by atoms with Gasteiger partial charge in [-0.15, -0.1) is 0 Å². The first kappa shape index (κ1) is 18.1. The summed E-state index contributed by atoms with van der Waals surface area (Å²) >= 11 is 0. The van der Waals surface area contributed by atoms with Crippen LogP contribution in [0.2, 0.25) is 0 Å². The molecule has 0 unspecified atom stereocenters. The molecule has 2 aromatic carbocycles. The van der Waals surface area contributed by atoms with Gasteiger partial charge in [0.1, 0.15) is 11.5 Å². The quantitative estimate of drug-likeness (QED) is 0.357. The standard InChI is InChI=1S/C22H17NO4/c24-21(16-26-22(25)11-6-17-12-14-23-15-13-17)18-7-9-20(10-8-18)27-19-4-2-1-3-5-19/h1-15H,16H2/b11-6+. The van der Waals surface area contributed by atoms with Gasteiger partial charge in [0.15, 0.2) is 12.4 Å². The third kappa shape index (κ3) is 5.64. The number of aromatic nitrogens is 1. The Balaban J connectivity index is 1.50. The Kier molecular flexibility index (Phi) is 6.09. The number of Topliss-reactive ketones (excluding diaryl/α,β-unsaturated/α-hetero) is 1. The molecule has 0 N–H and O–H groups in total. The van der Waals surface area contributed by atoms with Gasteiger partial charge in [0, 0.05) is 24.0 Å². The fourth-order valence-electron chi connectivity index (χ4n) is 2.24. The molecule has 134 valence electrons. The summed E-state index contributed by atoms with van der Waals surface area (Å²) in [7, 11) is 0. The highest BCUT2D eigenvalue weighted by molar-refractivity contribution is 5.99. The Morgan fingerprint density at radius 3 is 2.22 bits per heavy atom. The summed E-state index contributed by atoms with van der Waals surface area (Å²) in [5.41, 5.74) is 1.27. The predicted molar refractivity (Wildman–Crippen MR) is 102 cm³/mol. The Hall–Kier alpha value is -3.73. The van der Waals surface area contributed by atoms with Crippen molar-refractivity contribution in [3.8, 4) is 11.5 Å². The van der Waals surface area contributed by atoms with Gasteiger partial charge in [-0.1, -0.05) is 18.2 Å². The second-order valence-corrected chi connectivity index (χ2v) is 5.58. The number of hydrogen-bond donors (Lipinski definition) is 0. The number of para-hydroxylation sites is 1. The number of carbonyl (C=O) groups is 2. The number of esters is 1. The lowest BCUT2D eigenvalue weighted by molar-refractivity contribution is -0.136. The lowest BCUT2D eigenvalue weighted by Crippen LogP contribution is -2.12. The molecular weight excluding hydrogens is 342 g/mol. The highest BCUT2D eigenvalue weighted by atomic mass is 16.5. The van der Waals surface area contributed by atoms with Crippen LogP contribution in [0.4, 0.5) is 0 Å². The van der Waals surface area contributed by atoms with Crippen molar-refractivity contribution in [2.75, 3.05) is 6.61 Å². The number of rotatable bonds is 7. The van der Waals surface area contributed by atoms with E-state index in [0.717, 1.165) is 5.56 Å². The number of pyridine rings is 1. The van der Waals surface area contributed by atoms with Crippen molar-refractivity contribution < 1.29 is 19.1 Å². The smallest absolute Gasteiger partial charge is 0.331 e. The van der Waals surface area contributed by atoms with Gasteiger partial charge in [-0.2, -0.15) is 0 Å². The van der Waals surface area contributed by atoms with Crippen molar-refractivity contribution in [2.45, 2.75) is 0 Å². The molecule has 3 rings (SSSR count). The van der Waals surface area contributed by atoms with Crippen LogP contribution in [0.3, 0.4) is 0 Å². The SMILES string of the molecule is O=C(/C=C/c1ccncc1)OCC(=O)c1ccc(Oc2ccccc2)cc1. The van der Waals surface area contributed by atoms with Crippen molar-refractivity contribution in [3.63, 3.8) is 0 Å². The maximum atomic E-state index is 12.1. The zero-order valence-corrected chi connectivity index (χ0v) is 14.4. The van der Waals surface area contributed by atoms with Crippen LogP contribution in [0.1, 0.15) is 15.9 Å². The van der Waals surface area contributed by atoms with Crippen LogP contribution < -0.4 is 4.74 Å². The minimum Gasteiger partial charge on any atom is -0.457 e. The molecule has 0 fully saturated rings. The van der Waals surface area contributed by atoms with Crippen LogP contribution in [0.15, 0.2) is 85.2 Å². The van der Waals surface area contributed by atoms with Crippen LogP contribution in [0, 0.1) is 0 Å². The Morgan fingerprint density at radius 1 is 0.852 bits per heavy atom. The van der Waals surface area contributed by atoms with Crippen molar-refractivity contribution >= 4 is 17.8 Å². The first-order chi connectivity index (χ1) is 13.2. The average molecular weight is 359 g/mol. The molecule has 0 radical (unpaired) electrons. The van der Waals surface area contributed by atoms with Gasteiger partial charge in [0.2, 0.25) is 0 Å². The predicted octanol–water partition coefficient (Wildman–Crippen LogP) is 4.31. The maximum absolute atomic E-state index is 12.1. The number of ketones is 1.